The largest absolute Gasteiger partial charge is 0.456 e. The summed E-state index contributed by atoms with van der Waals surface area (Å²) >= 11 is 5.77. The Bertz CT molecular complexity index is 767. The highest BCUT2D eigenvalue weighted by atomic mass is 35.5. The van der Waals surface area contributed by atoms with Gasteiger partial charge in [0.2, 0.25) is 5.91 Å². The predicted octanol–water partition coefficient (Wildman–Crippen LogP) is 2.47. The number of furan rings is 1. The quantitative estimate of drug-likeness (QED) is 0.837. The number of hydrogen-bond acceptors (Lipinski definition) is 5. The molecule has 26 heavy (non-hydrogen) atoms. The number of likely N-dealkylation sites (tertiary alicyclic amines) is 1. The lowest BCUT2D eigenvalue weighted by Crippen LogP contribution is -2.46. The molecule has 0 spiro atoms. The van der Waals surface area contributed by atoms with E-state index in [1.807, 2.05) is 0 Å². The van der Waals surface area contributed by atoms with Gasteiger partial charge in [-0.3, -0.25) is 14.5 Å². The molecule has 0 atom stereocenters. The van der Waals surface area contributed by atoms with Crippen LogP contribution in [-0.4, -0.2) is 47.4 Å². The van der Waals surface area contributed by atoms with Crippen LogP contribution in [0.25, 0.3) is 0 Å². The Labute approximate surface area is 156 Å². The number of amides is 2. The smallest absolute Gasteiger partial charge is 0.287 e. The Morgan fingerprint density at radius 1 is 1.27 bits per heavy atom. The highest BCUT2D eigenvalue weighted by molar-refractivity contribution is 6.30. The van der Waals surface area contributed by atoms with Gasteiger partial charge in [-0.05, 0) is 44.0 Å². The van der Waals surface area contributed by atoms with E-state index < -0.39 is 0 Å². The molecular weight excluding hydrogens is 356 g/mol. The number of piperidine rings is 1. The molecule has 3 rings (SSSR count). The Balaban J connectivity index is 1.41. The number of carbonyl (C=O) groups excluding carboxylic acids is 2. The van der Waals surface area contributed by atoms with Crippen LogP contribution in [0.3, 0.4) is 0 Å². The van der Waals surface area contributed by atoms with Gasteiger partial charge in [0.15, 0.2) is 5.76 Å². The van der Waals surface area contributed by atoms with Gasteiger partial charge in [-0.25, -0.2) is 4.98 Å². The third-order valence-corrected chi connectivity index (χ3v) is 4.47. The van der Waals surface area contributed by atoms with Crippen LogP contribution in [0.1, 0.15) is 29.2 Å². The minimum Gasteiger partial charge on any atom is -0.456 e. The van der Waals surface area contributed by atoms with Gasteiger partial charge in [-0.2, -0.15) is 0 Å². The van der Waals surface area contributed by atoms with Crippen molar-refractivity contribution in [1.29, 1.82) is 0 Å². The van der Waals surface area contributed by atoms with Crippen LogP contribution in [0.5, 0.6) is 0 Å². The SMILES string of the molecule is Cc1ccc(C(=O)NC2CCN(CC(=O)Nc3ccc(Cl)cn3)CC2)o1. The number of hydrogen-bond donors (Lipinski definition) is 2. The number of anilines is 1. The fraction of sp³-hybridized carbons (Fsp3) is 0.389. The summed E-state index contributed by atoms with van der Waals surface area (Å²) in [6.45, 7) is 3.58. The number of aromatic nitrogens is 1. The normalized spacial score (nSPS) is 15.6. The van der Waals surface area contributed by atoms with E-state index >= 15 is 0 Å². The number of rotatable bonds is 5. The summed E-state index contributed by atoms with van der Waals surface area (Å²) in [6.07, 6.45) is 3.07. The molecule has 8 heteroatoms. The minimum atomic E-state index is -0.192. The lowest BCUT2D eigenvalue weighted by Gasteiger charge is -2.31. The maximum Gasteiger partial charge on any atom is 0.287 e. The second-order valence-electron chi connectivity index (χ2n) is 6.34. The van der Waals surface area contributed by atoms with Gasteiger partial charge in [-0.1, -0.05) is 11.6 Å². The highest BCUT2D eigenvalue weighted by Gasteiger charge is 2.23. The predicted molar refractivity (Wildman–Crippen MR) is 98.2 cm³/mol. The van der Waals surface area contributed by atoms with Crippen LogP contribution in [0.2, 0.25) is 5.02 Å². The molecule has 2 amide bonds. The Hall–Kier alpha value is -2.38. The number of pyridine rings is 1. The molecule has 1 fully saturated rings. The molecule has 0 bridgehead atoms. The molecule has 1 saturated heterocycles. The molecule has 0 radical (unpaired) electrons. The monoisotopic (exact) mass is 376 g/mol. The fourth-order valence-corrected chi connectivity index (χ4v) is 3.00. The Kier molecular flexibility index (Phi) is 5.90. The van der Waals surface area contributed by atoms with Crippen molar-refractivity contribution in [2.75, 3.05) is 25.0 Å². The first-order valence-corrected chi connectivity index (χ1v) is 8.88. The molecule has 7 nitrogen and oxygen atoms in total. The number of halogens is 1. The minimum absolute atomic E-state index is 0.0881. The van der Waals surface area contributed by atoms with Crippen LogP contribution in [0.15, 0.2) is 34.9 Å². The highest BCUT2D eigenvalue weighted by Crippen LogP contribution is 2.13. The molecule has 138 valence electrons. The van der Waals surface area contributed by atoms with E-state index in [1.54, 1.807) is 31.2 Å². The maximum atomic E-state index is 12.1. The van der Waals surface area contributed by atoms with Gasteiger partial charge in [0.05, 0.1) is 11.6 Å². The summed E-state index contributed by atoms with van der Waals surface area (Å²) in [5.74, 6) is 1.22. The van der Waals surface area contributed by atoms with Gasteiger partial charge >= 0.3 is 0 Å². The van der Waals surface area contributed by atoms with Crippen LogP contribution in [-0.2, 0) is 4.79 Å². The zero-order valence-corrected chi connectivity index (χ0v) is 15.3. The van der Waals surface area contributed by atoms with E-state index in [4.69, 9.17) is 16.0 Å². The van der Waals surface area contributed by atoms with Crippen LogP contribution in [0, 0.1) is 6.92 Å². The molecule has 2 aromatic rings. The number of nitrogens with one attached hydrogen (secondary N) is 2. The summed E-state index contributed by atoms with van der Waals surface area (Å²) < 4.78 is 5.33. The van der Waals surface area contributed by atoms with Gasteiger partial charge in [0, 0.05) is 25.3 Å². The van der Waals surface area contributed by atoms with E-state index in [9.17, 15) is 9.59 Å². The second kappa shape index (κ2) is 8.33. The molecular formula is C18H21ClN4O3. The summed E-state index contributed by atoms with van der Waals surface area (Å²) in [5.41, 5.74) is 0. The van der Waals surface area contributed by atoms with Crippen molar-refractivity contribution in [2.45, 2.75) is 25.8 Å². The number of nitrogens with zero attached hydrogens (tertiary/aromatic N) is 2. The van der Waals surface area contributed by atoms with Crippen molar-refractivity contribution in [3.05, 3.63) is 47.0 Å². The van der Waals surface area contributed by atoms with Gasteiger partial charge in [0.25, 0.3) is 5.91 Å². The molecule has 2 N–H and O–H groups in total. The van der Waals surface area contributed by atoms with Crippen LogP contribution < -0.4 is 10.6 Å². The molecule has 0 unspecified atom stereocenters. The van der Waals surface area contributed by atoms with E-state index in [0.717, 1.165) is 25.9 Å². The van der Waals surface area contributed by atoms with E-state index in [1.165, 1.54) is 6.20 Å². The van der Waals surface area contributed by atoms with E-state index in [0.29, 0.717) is 28.9 Å². The first-order valence-electron chi connectivity index (χ1n) is 8.50. The average Bonchev–Trinajstić information content (AvgIpc) is 3.05. The Morgan fingerprint density at radius 2 is 2.04 bits per heavy atom. The zero-order valence-electron chi connectivity index (χ0n) is 14.5. The topological polar surface area (TPSA) is 87.5 Å². The molecule has 2 aromatic heterocycles. The summed E-state index contributed by atoms with van der Waals surface area (Å²) in [5, 5.41) is 6.26. The summed E-state index contributed by atoms with van der Waals surface area (Å²) in [6, 6.07) is 6.88. The molecule has 0 aromatic carbocycles. The lowest BCUT2D eigenvalue weighted by atomic mass is 10.0. The first-order chi connectivity index (χ1) is 12.5. The molecule has 1 aliphatic heterocycles. The van der Waals surface area contributed by atoms with E-state index in [-0.39, 0.29) is 17.9 Å². The van der Waals surface area contributed by atoms with Crippen molar-refractivity contribution < 1.29 is 14.0 Å². The summed E-state index contributed by atoms with van der Waals surface area (Å²) in [4.78, 5) is 30.3. The third-order valence-electron chi connectivity index (χ3n) is 4.25. The van der Waals surface area contributed by atoms with Crippen molar-refractivity contribution >= 4 is 29.2 Å². The summed E-state index contributed by atoms with van der Waals surface area (Å²) in [7, 11) is 0. The molecule has 3 heterocycles. The molecule has 0 aliphatic carbocycles. The van der Waals surface area contributed by atoms with Crippen LogP contribution >= 0.6 is 11.6 Å². The van der Waals surface area contributed by atoms with Crippen molar-refractivity contribution in [3.8, 4) is 0 Å². The zero-order chi connectivity index (χ0) is 18.5. The van der Waals surface area contributed by atoms with Gasteiger partial charge < -0.3 is 15.1 Å². The Morgan fingerprint density at radius 3 is 2.65 bits per heavy atom. The van der Waals surface area contributed by atoms with Crippen molar-refractivity contribution in [1.82, 2.24) is 15.2 Å². The third kappa shape index (κ3) is 5.06. The van der Waals surface area contributed by atoms with Crippen LogP contribution in [0.4, 0.5) is 5.82 Å². The van der Waals surface area contributed by atoms with Gasteiger partial charge in [0.1, 0.15) is 11.6 Å². The second-order valence-corrected chi connectivity index (χ2v) is 6.78. The van der Waals surface area contributed by atoms with E-state index in [2.05, 4.69) is 20.5 Å². The first kappa shape index (κ1) is 18.4. The van der Waals surface area contributed by atoms with Gasteiger partial charge in [-0.15, -0.1) is 0 Å². The standard InChI is InChI=1S/C18H21ClN4O3/c1-12-2-4-15(26-12)18(25)21-14-6-8-23(9-7-14)11-17(24)22-16-5-3-13(19)10-20-16/h2-5,10,14H,6-9,11H2,1H3,(H,21,25)(H,20,22,24). The lowest BCUT2D eigenvalue weighted by molar-refractivity contribution is -0.117. The number of aryl methyl sites for hydroxylation is 1. The maximum absolute atomic E-state index is 12.1. The van der Waals surface area contributed by atoms with Crippen molar-refractivity contribution in [2.24, 2.45) is 0 Å². The van der Waals surface area contributed by atoms with Crippen molar-refractivity contribution in [3.63, 3.8) is 0 Å². The number of carbonyl (C=O) groups is 2. The fourth-order valence-electron chi connectivity index (χ4n) is 2.88. The average molecular weight is 377 g/mol. The molecule has 0 saturated carbocycles. The molecule has 1 aliphatic rings.